The van der Waals surface area contributed by atoms with Crippen molar-refractivity contribution in [3.8, 4) is 0 Å². The molecule has 0 bridgehead atoms. The molecule has 7 heteroatoms. The predicted molar refractivity (Wildman–Crippen MR) is 56.3 cm³/mol. The molecule has 0 aliphatic heterocycles. The molecule has 2 N–H and O–H groups in total. The number of carboxylic acids is 1. The molecule has 1 rings (SSSR count). The molecule has 0 fully saturated rings. The van der Waals surface area contributed by atoms with Gasteiger partial charge in [0.15, 0.2) is 5.78 Å². The van der Waals surface area contributed by atoms with Crippen molar-refractivity contribution in [2.75, 3.05) is 13.1 Å². The van der Waals surface area contributed by atoms with E-state index in [1.807, 2.05) is 0 Å². The number of ketones is 1. The van der Waals surface area contributed by atoms with Gasteiger partial charge in [0, 0.05) is 5.56 Å². The molecule has 0 spiro atoms. The Balaban J connectivity index is 2.72. The Labute approximate surface area is 100 Å². The van der Waals surface area contributed by atoms with Crippen LogP contribution in [0.4, 0.5) is 13.2 Å². The Hall–Kier alpha value is -1.89. The number of nitrogens with one attached hydrogen (secondary N) is 1. The zero-order valence-electron chi connectivity index (χ0n) is 9.12. The summed E-state index contributed by atoms with van der Waals surface area (Å²) in [6, 6.07) is 3.99. The van der Waals surface area contributed by atoms with Crippen molar-refractivity contribution in [2.24, 2.45) is 0 Å². The predicted octanol–water partition coefficient (Wildman–Crippen LogP) is 1.56. The van der Waals surface area contributed by atoms with Gasteiger partial charge in [-0.25, -0.2) is 0 Å². The molecule has 0 saturated carbocycles. The maximum absolute atomic E-state index is 12.4. The third-order valence-electron chi connectivity index (χ3n) is 2.07. The van der Waals surface area contributed by atoms with Gasteiger partial charge in [0.2, 0.25) is 0 Å². The summed E-state index contributed by atoms with van der Waals surface area (Å²) in [5, 5.41) is 10.6. The van der Waals surface area contributed by atoms with E-state index in [1.54, 1.807) is 0 Å². The minimum Gasteiger partial charge on any atom is -0.480 e. The van der Waals surface area contributed by atoms with Crippen molar-refractivity contribution in [1.29, 1.82) is 0 Å². The number of rotatable bonds is 5. The first-order valence-corrected chi connectivity index (χ1v) is 4.93. The molecule has 0 radical (unpaired) electrons. The van der Waals surface area contributed by atoms with Gasteiger partial charge in [-0.05, 0) is 12.1 Å². The number of Topliss-reactive ketones (excluding diaryl/α,β-unsaturated/α-hetero) is 1. The second-order valence-corrected chi connectivity index (χ2v) is 3.50. The summed E-state index contributed by atoms with van der Waals surface area (Å²) >= 11 is 0. The van der Waals surface area contributed by atoms with Crippen molar-refractivity contribution >= 4 is 11.8 Å². The van der Waals surface area contributed by atoms with Crippen LogP contribution in [0.15, 0.2) is 24.3 Å². The fraction of sp³-hybridized carbons (Fsp3) is 0.273. The standard InChI is InChI=1S/C11H10F3NO3/c12-11(13,14)8-3-1-2-7(4-8)9(16)5-15-6-10(17)18/h1-4,15H,5-6H2,(H,17,18). The molecule has 0 heterocycles. The first-order valence-electron chi connectivity index (χ1n) is 4.93. The van der Waals surface area contributed by atoms with Gasteiger partial charge in [-0.2, -0.15) is 13.2 Å². The number of hydrogen-bond donors (Lipinski definition) is 2. The minimum absolute atomic E-state index is 0.109. The summed E-state index contributed by atoms with van der Waals surface area (Å²) in [5.41, 5.74) is -1.02. The van der Waals surface area contributed by atoms with Gasteiger partial charge in [-0.15, -0.1) is 0 Å². The first-order chi connectivity index (χ1) is 8.30. The van der Waals surface area contributed by atoms with E-state index in [-0.39, 0.29) is 12.1 Å². The van der Waals surface area contributed by atoms with Gasteiger partial charge in [-0.3, -0.25) is 14.9 Å². The Morgan fingerprint density at radius 1 is 1.22 bits per heavy atom. The average Bonchev–Trinajstić information content (AvgIpc) is 2.27. The van der Waals surface area contributed by atoms with E-state index in [2.05, 4.69) is 5.32 Å². The van der Waals surface area contributed by atoms with E-state index in [0.717, 1.165) is 18.2 Å². The van der Waals surface area contributed by atoms with Gasteiger partial charge in [-0.1, -0.05) is 12.1 Å². The van der Waals surface area contributed by atoms with Crippen LogP contribution in [0.5, 0.6) is 0 Å². The van der Waals surface area contributed by atoms with Gasteiger partial charge in [0.05, 0.1) is 18.7 Å². The summed E-state index contributed by atoms with van der Waals surface area (Å²) in [4.78, 5) is 21.7. The SMILES string of the molecule is O=C(O)CNCC(=O)c1cccc(C(F)(F)F)c1. The molecule has 4 nitrogen and oxygen atoms in total. The minimum atomic E-state index is -4.51. The zero-order chi connectivity index (χ0) is 13.8. The second kappa shape index (κ2) is 5.63. The van der Waals surface area contributed by atoms with Crippen LogP contribution in [-0.4, -0.2) is 29.9 Å². The van der Waals surface area contributed by atoms with E-state index in [4.69, 9.17) is 5.11 Å². The third kappa shape index (κ3) is 4.17. The van der Waals surface area contributed by atoms with E-state index < -0.39 is 30.0 Å². The largest absolute Gasteiger partial charge is 0.480 e. The summed E-state index contributed by atoms with van der Waals surface area (Å²) in [5.74, 6) is -1.74. The van der Waals surface area contributed by atoms with Crippen LogP contribution in [0.25, 0.3) is 0 Å². The maximum atomic E-state index is 12.4. The molecule has 0 amide bonds. The van der Waals surface area contributed by atoms with Crippen LogP contribution in [-0.2, 0) is 11.0 Å². The lowest BCUT2D eigenvalue weighted by atomic mass is 10.1. The van der Waals surface area contributed by atoms with Crippen LogP contribution in [0.1, 0.15) is 15.9 Å². The van der Waals surface area contributed by atoms with Crippen molar-refractivity contribution in [2.45, 2.75) is 6.18 Å². The van der Waals surface area contributed by atoms with Crippen molar-refractivity contribution < 1.29 is 27.9 Å². The number of carbonyl (C=O) groups is 2. The van der Waals surface area contributed by atoms with Crippen molar-refractivity contribution in [3.63, 3.8) is 0 Å². The molecule has 18 heavy (non-hydrogen) atoms. The zero-order valence-corrected chi connectivity index (χ0v) is 9.12. The highest BCUT2D eigenvalue weighted by molar-refractivity contribution is 5.97. The molecule has 0 saturated heterocycles. The highest BCUT2D eigenvalue weighted by Gasteiger charge is 2.30. The molecular formula is C11H10F3NO3. The van der Waals surface area contributed by atoms with Gasteiger partial charge in [0.1, 0.15) is 0 Å². The molecule has 1 aromatic rings. The van der Waals surface area contributed by atoms with Crippen LogP contribution < -0.4 is 5.32 Å². The molecular weight excluding hydrogens is 251 g/mol. The lowest BCUT2D eigenvalue weighted by Crippen LogP contribution is -2.28. The van der Waals surface area contributed by atoms with Gasteiger partial charge < -0.3 is 5.11 Å². The first kappa shape index (κ1) is 14.2. The van der Waals surface area contributed by atoms with Crippen LogP contribution in [0.3, 0.4) is 0 Å². The molecule has 98 valence electrons. The normalized spacial score (nSPS) is 11.3. The Morgan fingerprint density at radius 2 is 1.89 bits per heavy atom. The highest BCUT2D eigenvalue weighted by atomic mass is 19.4. The van der Waals surface area contributed by atoms with E-state index >= 15 is 0 Å². The fourth-order valence-corrected chi connectivity index (χ4v) is 1.25. The highest BCUT2D eigenvalue weighted by Crippen LogP contribution is 2.29. The summed E-state index contributed by atoms with van der Waals surface area (Å²) in [6.07, 6.45) is -4.51. The maximum Gasteiger partial charge on any atom is 0.416 e. The average molecular weight is 261 g/mol. The number of carboxylic acid groups (broad SMARTS) is 1. The number of benzene rings is 1. The molecule has 0 atom stereocenters. The lowest BCUT2D eigenvalue weighted by molar-refractivity contribution is -0.138. The smallest absolute Gasteiger partial charge is 0.416 e. The van der Waals surface area contributed by atoms with E-state index in [0.29, 0.717) is 0 Å². The van der Waals surface area contributed by atoms with Crippen molar-refractivity contribution in [1.82, 2.24) is 5.32 Å². The Morgan fingerprint density at radius 3 is 2.44 bits per heavy atom. The molecule has 0 aromatic heterocycles. The third-order valence-corrected chi connectivity index (χ3v) is 2.07. The van der Waals surface area contributed by atoms with E-state index in [1.165, 1.54) is 6.07 Å². The fourth-order valence-electron chi connectivity index (χ4n) is 1.25. The summed E-state index contributed by atoms with van der Waals surface area (Å²) in [7, 11) is 0. The van der Waals surface area contributed by atoms with E-state index in [9.17, 15) is 22.8 Å². The monoisotopic (exact) mass is 261 g/mol. The van der Waals surface area contributed by atoms with Gasteiger partial charge >= 0.3 is 12.1 Å². The number of hydrogen-bond acceptors (Lipinski definition) is 3. The number of halogens is 3. The number of carbonyl (C=O) groups excluding carboxylic acids is 1. The number of aliphatic carboxylic acids is 1. The molecule has 0 aliphatic rings. The number of alkyl halides is 3. The summed E-state index contributed by atoms with van der Waals surface area (Å²) < 4.78 is 37.2. The Kier molecular flexibility index (Phi) is 4.43. The second-order valence-electron chi connectivity index (χ2n) is 3.50. The Bertz CT molecular complexity index is 457. The van der Waals surface area contributed by atoms with Crippen LogP contribution in [0.2, 0.25) is 0 Å². The van der Waals surface area contributed by atoms with Crippen molar-refractivity contribution in [3.05, 3.63) is 35.4 Å². The van der Waals surface area contributed by atoms with Crippen LogP contribution in [0, 0.1) is 0 Å². The lowest BCUT2D eigenvalue weighted by Gasteiger charge is -2.08. The van der Waals surface area contributed by atoms with Crippen LogP contribution >= 0.6 is 0 Å². The summed E-state index contributed by atoms with van der Waals surface area (Å²) in [6.45, 7) is -0.752. The quantitative estimate of drug-likeness (QED) is 0.789. The molecule has 1 aromatic carbocycles. The molecule has 0 unspecified atom stereocenters. The topological polar surface area (TPSA) is 66.4 Å². The molecule has 0 aliphatic carbocycles. The van der Waals surface area contributed by atoms with Gasteiger partial charge in [0.25, 0.3) is 0 Å².